The summed E-state index contributed by atoms with van der Waals surface area (Å²) < 4.78 is 5.28. The summed E-state index contributed by atoms with van der Waals surface area (Å²) in [5, 5.41) is 12.9. The van der Waals surface area contributed by atoms with Crippen LogP contribution in [0.4, 0.5) is 5.13 Å². The molecule has 7 nitrogen and oxygen atoms in total. The van der Waals surface area contributed by atoms with E-state index in [1.165, 1.54) is 17.8 Å². The predicted molar refractivity (Wildman–Crippen MR) is 122 cm³/mol. The molecule has 2 aromatic carbocycles. The minimum atomic E-state index is -0.585. The highest BCUT2D eigenvalue weighted by Crippen LogP contribution is 2.43. The summed E-state index contributed by atoms with van der Waals surface area (Å²) >= 11 is 1.44. The number of aromatic nitrogens is 2. The number of fused-ring (bicyclic) bond motifs is 1. The van der Waals surface area contributed by atoms with Crippen LogP contribution in [0.2, 0.25) is 0 Å². The van der Waals surface area contributed by atoms with E-state index in [-0.39, 0.29) is 11.8 Å². The predicted octanol–water partition coefficient (Wildman–Crippen LogP) is 4.36. The first kappa shape index (κ1) is 20.6. The van der Waals surface area contributed by atoms with Crippen molar-refractivity contribution in [3.63, 3.8) is 0 Å². The average Bonchev–Trinajstić information content (AvgIpc) is 3.22. The van der Waals surface area contributed by atoms with Crippen LogP contribution < -0.4 is 10.1 Å². The molecule has 0 radical (unpaired) electrons. The Bertz CT molecular complexity index is 1160. The zero-order valence-corrected chi connectivity index (χ0v) is 18.8. The van der Waals surface area contributed by atoms with Gasteiger partial charge in [0, 0.05) is 18.5 Å². The Kier molecular flexibility index (Phi) is 5.38. The molecule has 2 atom stereocenters. The number of nitrogens with one attached hydrogen (secondary N) is 1. The van der Waals surface area contributed by atoms with Gasteiger partial charge in [0.2, 0.25) is 11.0 Å². The second-order valence-electron chi connectivity index (χ2n) is 8.26. The van der Waals surface area contributed by atoms with Gasteiger partial charge in [0.25, 0.3) is 5.91 Å². The van der Waals surface area contributed by atoms with Crippen LogP contribution in [-0.4, -0.2) is 41.1 Å². The first-order valence-corrected chi connectivity index (χ1v) is 11.5. The molecule has 164 valence electrons. The minimum absolute atomic E-state index is 0.103. The normalized spacial score (nSPS) is 20.4. The molecule has 8 heteroatoms. The molecular weight excluding hydrogens is 424 g/mol. The third kappa shape index (κ3) is 3.54. The topological polar surface area (TPSA) is 84.4 Å². The Balaban J connectivity index is 1.51. The Hall–Kier alpha value is -3.26. The molecule has 1 N–H and O–H groups in total. The number of nitrogens with zero attached hydrogens (tertiary/aromatic N) is 3. The maximum Gasteiger partial charge on any atom is 0.254 e. The lowest BCUT2D eigenvalue weighted by Crippen LogP contribution is -2.44. The van der Waals surface area contributed by atoms with Gasteiger partial charge in [0.05, 0.1) is 19.1 Å². The highest BCUT2D eigenvalue weighted by Gasteiger charge is 2.42. The van der Waals surface area contributed by atoms with Gasteiger partial charge in [0.1, 0.15) is 10.8 Å². The number of hydrogen-bond acceptors (Lipinski definition) is 6. The Morgan fingerprint density at radius 2 is 1.88 bits per heavy atom. The number of rotatable bonds is 5. The fourth-order valence-electron chi connectivity index (χ4n) is 4.46. The fraction of sp³-hybridized carbons (Fsp3) is 0.333. The van der Waals surface area contributed by atoms with E-state index in [1.54, 1.807) is 25.1 Å². The van der Waals surface area contributed by atoms with Crippen LogP contribution in [0, 0.1) is 0 Å². The number of carbonyl (C=O) groups is 2. The van der Waals surface area contributed by atoms with Crippen molar-refractivity contribution in [2.45, 2.75) is 37.1 Å². The second kappa shape index (κ2) is 8.35. The van der Waals surface area contributed by atoms with Gasteiger partial charge < -0.3 is 9.64 Å². The quantitative estimate of drug-likeness (QED) is 0.627. The molecule has 3 aromatic rings. The number of carbonyl (C=O) groups excluding carboxylic acids is 2. The number of amides is 2. The molecule has 1 aliphatic carbocycles. The zero-order valence-electron chi connectivity index (χ0n) is 17.9. The summed E-state index contributed by atoms with van der Waals surface area (Å²) in [6.07, 6.45) is 3.48. The van der Waals surface area contributed by atoms with Gasteiger partial charge in [-0.1, -0.05) is 48.1 Å². The van der Waals surface area contributed by atoms with Crippen LogP contribution in [0.15, 0.2) is 48.5 Å². The summed E-state index contributed by atoms with van der Waals surface area (Å²) in [7, 11) is 3.35. The number of benzene rings is 2. The molecule has 0 bridgehead atoms. The molecule has 1 aliphatic heterocycles. The largest absolute Gasteiger partial charge is 0.497 e. The molecule has 2 heterocycles. The smallest absolute Gasteiger partial charge is 0.254 e. The van der Waals surface area contributed by atoms with Crippen LogP contribution >= 0.6 is 11.3 Å². The van der Waals surface area contributed by atoms with E-state index < -0.39 is 12.0 Å². The lowest BCUT2D eigenvalue weighted by atomic mass is 9.79. The fourth-order valence-corrected chi connectivity index (χ4v) is 5.38. The first-order chi connectivity index (χ1) is 15.6. The van der Waals surface area contributed by atoms with E-state index in [2.05, 4.69) is 15.5 Å². The van der Waals surface area contributed by atoms with Gasteiger partial charge in [-0.05, 0) is 42.2 Å². The highest BCUT2D eigenvalue weighted by atomic mass is 32.1. The van der Waals surface area contributed by atoms with Gasteiger partial charge in [-0.2, -0.15) is 0 Å². The van der Waals surface area contributed by atoms with Gasteiger partial charge in [-0.25, -0.2) is 0 Å². The van der Waals surface area contributed by atoms with Crippen molar-refractivity contribution in [2.24, 2.45) is 0 Å². The third-order valence-electron chi connectivity index (χ3n) is 6.44. The van der Waals surface area contributed by atoms with Crippen LogP contribution in [0.5, 0.6) is 5.75 Å². The summed E-state index contributed by atoms with van der Waals surface area (Å²) in [5.41, 5.74) is 2.13. The minimum Gasteiger partial charge on any atom is -0.497 e. The molecule has 0 unspecified atom stereocenters. The van der Waals surface area contributed by atoms with Crippen molar-refractivity contribution >= 4 is 28.3 Å². The van der Waals surface area contributed by atoms with Crippen LogP contribution in [-0.2, 0) is 4.79 Å². The van der Waals surface area contributed by atoms with Crippen molar-refractivity contribution in [3.8, 4) is 5.75 Å². The van der Waals surface area contributed by atoms with E-state index in [0.29, 0.717) is 16.6 Å². The Morgan fingerprint density at radius 1 is 1.12 bits per heavy atom. The first-order valence-electron chi connectivity index (χ1n) is 10.7. The molecule has 1 saturated carbocycles. The van der Waals surface area contributed by atoms with Crippen LogP contribution in [0.1, 0.15) is 63.6 Å². The molecule has 1 fully saturated rings. The van der Waals surface area contributed by atoms with Crippen LogP contribution in [0.25, 0.3) is 0 Å². The Labute approximate surface area is 190 Å². The van der Waals surface area contributed by atoms with Crippen molar-refractivity contribution in [3.05, 3.63) is 70.2 Å². The monoisotopic (exact) mass is 448 g/mol. The third-order valence-corrected chi connectivity index (χ3v) is 7.45. The number of hydrogen-bond donors (Lipinski definition) is 1. The van der Waals surface area contributed by atoms with Gasteiger partial charge >= 0.3 is 0 Å². The molecule has 5 rings (SSSR count). The molecule has 32 heavy (non-hydrogen) atoms. The lowest BCUT2D eigenvalue weighted by molar-refractivity contribution is -0.119. The zero-order chi connectivity index (χ0) is 22.2. The van der Waals surface area contributed by atoms with Crippen molar-refractivity contribution in [2.75, 3.05) is 19.5 Å². The molecule has 0 saturated heterocycles. The second-order valence-corrected chi connectivity index (χ2v) is 9.27. The van der Waals surface area contributed by atoms with Crippen molar-refractivity contribution < 1.29 is 14.3 Å². The van der Waals surface area contributed by atoms with Gasteiger partial charge in [0.15, 0.2) is 0 Å². The number of anilines is 1. The molecule has 2 aliphatic rings. The number of ether oxygens (including phenoxy) is 1. The van der Waals surface area contributed by atoms with Gasteiger partial charge in [-0.15, -0.1) is 10.2 Å². The summed E-state index contributed by atoms with van der Waals surface area (Å²) in [6, 6.07) is 14.4. The average molecular weight is 449 g/mol. The maximum atomic E-state index is 13.6. The summed E-state index contributed by atoms with van der Waals surface area (Å²) in [5.74, 6) is 0.294. The lowest BCUT2D eigenvalue weighted by Gasteiger charge is -2.39. The van der Waals surface area contributed by atoms with E-state index in [4.69, 9.17) is 4.74 Å². The molecular formula is C24H24N4O3S. The standard InChI is InChI=1S/C24H24N4O3S/c1-28-20(14-10-12-16(31-2)13-11-14)19(17-8-3-4-9-18(17)23(28)30)21(29)25-24-27-26-22(32-24)15-6-5-7-15/h3-4,8-13,15,19-20H,5-7H2,1-2H3,(H,25,27,29)/t19-,20+/m0/s1. The van der Waals surface area contributed by atoms with E-state index in [0.717, 1.165) is 34.7 Å². The van der Waals surface area contributed by atoms with E-state index in [9.17, 15) is 9.59 Å². The number of methoxy groups -OCH3 is 1. The highest BCUT2D eigenvalue weighted by molar-refractivity contribution is 7.15. The van der Waals surface area contributed by atoms with E-state index >= 15 is 0 Å². The maximum absolute atomic E-state index is 13.6. The Morgan fingerprint density at radius 3 is 2.56 bits per heavy atom. The SMILES string of the molecule is COc1ccc([C@@H]2[C@@H](C(=O)Nc3nnc(C4CCC4)s3)c3ccccc3C(=O)N2C)cc1. The molecule has 0 spiro atoms. The van der Waals surface area contributed by atoms with Crippen molar-refractivity contribution in [1.29, 1.82) is 0 Å². The summed E-state index contributed by atoms with van der Waals surface area (Å²) in [4.78, 5) is 28.4. The van der Waals surface area contributed by atoms with Crippen LogP contribution in [0.3, 0.4) is 0 Å². The number of likely N-dealkylation sites (N-methyl/N-ethyl adjacent to an activating group) is 1. The van der Waals surface area contributed by atoms with Gasteiger partial charge in [-0.3, -0.25) is 14.9 Å². The van der Waals surface area contributed by atoms with Crippen molar-refractivity contribution in [1.82, 2.24) is 15.1 Å². The molecule has 1 aromatic heterocycles. The summed E-state index contributed by atoms with van der Waals surface area (Å²) in [6.45, 7) is 0. The van der Waals surface area contributed by atoms with E-state index in [1.807, 2.05) is 42.5 Å². The molecule has 2 amide bonds.